The van der Waals surface area contributed by atoms with Crippen molar-refractivity contribution in [2.75, 3.05) is 17.2 Å². The van der Waals surface area contributed by atoms with Gasteiger partial charge in [0.2, 0.25) is 15.9 Å². The summed E-state index contributed by atoms with van der Waals surface area (Å²) < 4.78 is 22.1. The van der Waals surface area contributed by atoms with Crippen LogP contribution in [0.1, 0.15) is 6.42 Å². The van der Waals surface area contributed by atoms with Gasteiger partial charge in [-0.2, -0.15) is 0 Å². The van der Waals surface area contributed by atoms with Crippen molar-refractivity contribution in [1.82, 2.24) is 0 Å². The molecule has 0 radical (unpaired) electrons. The van der Waals surface area contributed by atoms with E-state index in [4.69, 9.17) is 16.7 Å². The van der Waals surface area contributed by atoms with Gasteiger partial charge in [-0.15, -0.1) is 0 Å². The van der Waals surface area contributed by atoms with Crippen LogP contribution in [-0.2, 0) is 14.8 Å². The minimum Gasteiger partial charge on any atom is -0.311 e. The van der Waals surface area contributed by atoms with Crippen molar-refractivity contribution in [1.29, 1.82) is 0 Å². The molecule has 1 aromatic rings. The zero-order chi connectivity index (χ0) is 13.3. The van der Waals surface area contributed by atoms with Crippen molar-refractivity contribution in [3.05, 3.63) is 29.3 Å². The Morgan fingerprint density at radius 3 is 2.67 bits per heavy atom. The first-order valence-electron chi connectivity index (χ1n) is 5.42. The lowest BCUT2D eigenvalue weighted by Crippen LogP contribution is -2.27. The fourth-order valence-electron chi connectivity index (χ4n) is 2.13. The number of benzene rings is 1. The molecule has 2 rings (SSSR count). The van der Waals surface area contributed by atoms with Crippen LogP contribution in [0, 0.1) is 5.92 Å². The summed E-state index contributed by atoms with van der Waals surface area (Å²) in [5, 5.41) is 5.47. The Kier molecular flexibility index (Phi) is 3.61. The summed E-state index contributed by atoms with van der Waals surface area (Å²) >= 11 is 6.01. The van der Waals surface area contributed by atoms with Crippen molar-refractivity contribution < 1.29 is 13.2 Å². The van der Waals surface area contributed by atoms with Crippen molar-refractivity contribution in [3.8, 4) is 0 Å². The maximum atomic E-state index is 11.9. The molecule has 1 saturated heterocycles. The number of primary sulfonamides is 1. The van der Waals surface area contributed by atoms with Gasteiger partial charge in [0.05, 0.1) is 16.5 Å². The van der Waals surface area contributed by atoms with Crippen LogP contribution in [0.2, 0.25) is 5.02 Å². The summed E-state index contributed by atoms with van der Waals surface area (Å²) in [5.41, 5.74) is 0.612. The molecule has 2 N–H and O–H groups in total. The highest BCUT2D eigenvalue weighted by molar-refractivity contribution is 7.89. The Hall–Kier alpha value is -1.11. The SMILES string of the molecule is NS(=O)(=O)CC1CC(=O)N(c2ccccc2Cl)C1. The van der Waals surface area contributed by atoms with Crippen LogP contribution in [0.4, 0.5) is 5.69 Å². The second-order valence-corrected chi connectivity index (χ2v) is 6.42. The molecule has 1 aliphatic heterocycles. The van der Waals surface area contributed by atoms with E-state index in [-0.39, 0.29) is 24.0 Å². The van der Waals surface area contributed by atoms with E-state index in [0.29, 0.717) is 17.3 Å². The quantitative estimate of drug-likeness (QED) is 0.900. The van der Waals surface area contributed by atoms with E-state index in [1.165, 1.54) is 4.90 Å². The lowest BCUT2D eigenvalue weighted by molar-refractivity contribution is -0.117. The van der Waals surface area contributed by atoms with Crippen LogP contribution in [-0.4, -0.2) is 26.6 Å². The van der Waals surface area contributed by atoms with E-state index in [1.807, 2.05) is 0 Å². The molecule has 1 aliphatic rings. The van der Waals surface area contributed by atoms with Gasteiger partial charge in [-0.25, -0.2) is 13.6 Å². The molecule has 18 heavy (non-hydrogen) atoms. The van der Waals surface area contributed by atoms with Crippen molar-refractivity contribution in [2.24, 2.45) is 11.1 Å². The highest BCUT2D eigenvalue weighted by atomic mass is 35.5. The number of sulfonamides is 1. The molecule has 0 aromatic heterocycles. The molecule has 0 saturated carbocycles. The molecule has 0 bridgehead atoms. The Balaban J connectivity index is 2.18. The summed E-state index contributed by atoms with van der Waals surface area (Å²) in [4.78, 5) is 13.4. The van der Waals surface area contributed by atoms with Crippen LogP contribution in [0.5, 0.6) is 0 Å². The molecular formula is C11H13ClN2O3S. The largest absolute Gasteiger partial charge is 0.311 e. The Labute approximate surface area is 111 Å². The Bertz CT molecular complexity index is 573. The number of para-hydroxylation sites is 1. The average Bonchev–Trinajstić information content (AvgIpc) is 2.57. The van der Waals surface area contributed by atoms with Gasteiger partial charge in [0.15, 0.2) is 0 Å². The zero-order valence-electron chi connectivity index (χ0n) is 9.54. The molecule has 1 fully saturated rings. The van der Waals surface area contributed by atoms with Crippen LogP contribution in [0.15, 0.2) is 24.3 Å². The second kappa shape index (κ2) is 4.87. The first-order valence-corrected chi connectivity index (χ1v) is 7.51. The van der Waals surface area contributed by atoms with Gasteiger partial charge < -0.3 is 4.90 Å². The van der Waals surface area contributed by atoms with E-state index >= 15 is 0 Å². The summed E-state index contributed by atoms with van der Waals surface area (Å²) in [6.45, 7) is 0.332. The summed E-state index contributed by atoms with van der Waals surface area (Å²) in [6.07, 6.45) is 0.182. The Morgan fingerprint density at radius 2 is 2.06 bits per heavy atom. The highest BCUT2D eigenvalue weighted by Gasteiger charge is 2.33. The molecule has 98 valence electrons. The molecule has 1 aromatic carbocycles. The predicted molar refractivity (Wildman–Crippen MR) is 69.9 cm³/mol. The molecule has 0 aliphatic carbocycles. The van der Waals surface area contributed by atoms with Gasteiger partial charge in [0, 0.05) is 18.9 Å². The molecule has 1 atom stereocenters. The zero-order valence-corrected chi connectivity index (χ0v) is 11.1. The van der Waals surface area contributed by atoms with Crippen molar-refractivity contribution >= 4 is 33.2 Å². The lowest BCUT2D eigenvalue weighted by atomic mass is 10.1. The third-order valence-corrected chi connectivity index (χ3v) is 4.07. The van der Waals surface area contributed by atoms with Gasteiger partial charge in [0.1, 0.15) is 0 Å². The van der Waals surface area contributed by atoms with Crippen LogP contribution < -0.4 is 10.0 Å². The number of carbonyl (C=O) groups excluding carboxylic acids is 1. The first kappa shape index (κ1) is 13.3. The van der Waals surface area contributed by atoms with Crippen LogP contribution >= 0.6 is 11.6 Å². The molecule has 1 amide bonds. The first-order chi connectivity index (χ1) is 8.37. The van der Waals surface area contributed by atoms with Gasteiger partial charge in [0.25, 0.3) is 0 Å². The molecule has 1 unspecified atom stereocenters. The van der Waals surface area contributed by atoms with Gasteiger partial charge in [-0.05, 0) is 12.1 Å². The summed E-state index contributed by atoms with van der Waals surface area (Å²) in [6, 6.07) is 6.98. The Morgan fingerprint density at radius 1 is 1.39 bits per heavy atom. The molecule has 7 heteroatoms. The normalized spacial score (nSPS) is 20.4. The number of nitrogens with two attached hydrogens (primary N) is 1. The van der Waals surface area contributed by atoms with E-state index in [9.17, 15) is 13.2 Å². The minimum absolute atomic E-state index is 0.128. The van der Waals surface area contributed by atoms with Crippen molar-refractivity contribution in [3.63, 3.8) is 0 Å². The van der Waals surface area contributed by atoms with Gasteiger partial charge >= 0.3 is 0 Å². The predicted octanol–water partition coefficient (Wildman–Crippen LogP) is 0.981. The number of halogens is 1. The molecule has 0 spiro atoms. The molecular weight excluding hydrogens is 276 g/mol. The molecule has 1 heterocycles. The summed E-state index contributed by atoms with van der Waals surface area (Å²) in [5.74, 6) is -0.583. The topological polar surface area (TPSA) is 80.5 Å². The number of carbonyl (C=O) groups is 1. The summed E-state index contributed by atoms with van der Waals surface area (Å²) in [7, 11) is -3.56. The number of anilines is 1. The van der Waals surface area contributed by atoms with E-state index in [1.54, 1.807) is 24.3 Å². The maximum Gasteiger partial charge on any atom is 0.227 e. The lowest BCUT2D eigenvalue weighted by Gasteiger charge is -2.17. The second-order valence-electron chi connectivity index (χ2n) is 4.36. The number of hydrogen-bond donors (Lipinski definition) is 1. The number of rotatable bonds is 3. The smallest absolute Gasteiger partial charge is 0.227 e. The monoisotopic (exact) mass is 288 g/mol. The van der Waals surface area contributed by atoms with Crippen LogP contribution in [0.25, 0.3) is 0 Å². The van der Waals surface area contributed by atoms with E-state index in [2.05, 4.69) is 0 Å². The fourth-order valence-corrected chi connectivity index (χ4v) is 3.24. The minimum atomic E-state index is -3.56. The fraction of sp³-hybridized carbons (Fsp3) is 0.364. The van der Waals surface area contributed by atoms with Crippen LogP contribution in [0.3, 0.4) is 0 Å². The highest BCUT2D eigenvalue weighted by Crippen LogP contribution is 2.31. The average molecular weight is 289 g/mol. The number of hydrogen-bond acceptors (Lipinski definition) is 3. The standard InChI is InChI=1S/C11H13ClN2O3S/c12-9-3-1-2-4-10(9)14-6-8(5-11(14)15)7-18(13,16)17/h1-4,8H,5-7H2,(H2,13,16,17). The van der Waals surface area contributed by atoms with Gasteiger partial charge in [-0.1, -0.05) is 23.7 Å². The number of nitrogens with zero attached hydrogens (tertiary/aromatic N) is 1. The van der Waals surface area contributed by atoms with Crippen molar-refractivity contribution in [2.45, 2.75) is 6.42 Å². The van der Waals surface area contributed by atoms with Gasteiger partial charge in [-0.3, -0.25) is 4.79 Å². The molecule has 5 nitrogen and oxygen atoms in total. The maximum absolute atomic E-state index is 11.9. The van der Waals surface area contributed by atoms with E-state index in [0.717, 1.165) is 0 Å². The third-order valence-electron chi connectivity index (χ3n) is 2.82. The van der Waals surface area contributed by atoms with E-state index < -0.39 is 10.0 Å². The number of amides is 1. The third kappa shape index (κ3) is 3.01.